The average Bonchev–Trinajstić information content (AvgIpc) is 2.89. The SMILES string of the molecule is CCOP(=O)(CCN1CN(CCOC)C(=O)c2c(O)c(=O)c(C(=O)NCc3ccc(F)cc3F)cn21)OCC. The minimum atomic E-state index is -3.51. The van der Waals surface area contributed by atoms with Gasteiger partial charge in [-0.15, -0.1) is 0 Å². The summed E-state index contributed by atoms with van der Waals surface area (Å²) in [4.78, 5) is 40.3. The summed E-state index contributed by atoms with van der Waals surface area (Å²) >= 11 is 0. The number of pyridine rings is 1. The summed E-state index contributed by atoms with van der Waals surface area (Å²) in [5.41, 5.74) is -2.07. The van der Waals surface area contributed by atoms with Crippen molar-refractivity contribution in [1.29, 1.82) is 0 Å². The Morgan fingerprint density at radius 1 is 1.15 bits per heavy atom. The Labute approximate surface area is 223 Å². The van der Waals surface area contributed by atoms with E-state index in [9.17, 15) is 32.8 Å². The van der Waals surface area contributed by atoms with Crippen LogP contribution >= 0.6 is 7.60 Å². The van der Waals surface area contributed by atoms with Gasteiger partial charge in [-0.2, -0.15) is 0 Å². The van der Waals surface area contributed by atoms with Crippen LogP contribution in [0.2, 0.25) is 0 Å². The number of hydrogen-bond donors (Lipinski definition) is 2. The quantitative estimate of drug-likeness (QED) is 0.345. The molecule has 0 aliphatic carbocycles. The Morgan fingerprint density at radius 2 is 1.85 bits per heavy atom. The third kappa shape index (κ3) is 7.01. The summed E-state index contributed by atoms with van der Waals surface area (Å²) in [5, 5.41) is 14.6. The molecule has 0 radical (unpaired) electrons. The zero-order valence-electron chi connectivity index (χ0n) is 21.8. The lowest BCUT2D eigenvalue weighted by molar-refractivity contribution is 0.0623. The van der Waals surface area contributed by atoms with Crippen LogP contribution in [0.15, 0.2) is 29.2 Å². The van der Waals surface area contributed by atoms with E-state index in [0.717, 1.165) is 23.0 Å². The fourth-order valence-electron chi connectivity index (χ4n) is 3.94. The van der Waals surface area contributed by atoms with E-state index in [0.29, 0.717) is 6.07 Å². The van der Waals surface area contributed by atoms with Crippen molar-refractivity contribution in [3.63, 3.8) is 0 Å². The highest BCUT2D eigenvalue weighted by Crippen LogP contribution is 2.47. The van der Waals surface area contributed by atoms with Crippen molar-refractivity contribution in [1.82, 2.24) is 14.9 Å². The van der Waals surface area contributed by atoms with Crippen molar-refractivity contribution in [2.75, 3.05) is 57.9 Å². The van der Waals surface area contributed by atoms with E-state index in [-0.39, 0.29) is 57.8 Å². The van der Waals surface area contributed by atoms with Gasteiger partial charge in [0.05, 0.1) is 26.0 Å². The zero-order chi connectivity index (χ0) is 28.7. The minimum absolute atomic E-state index is 0.00873. The number of ether oxygens (including phenoxy) is 1. The molecular weight excluding hydrogens is 541 g/mol. The second-order valence-corrected chi connectivity index (χ2v) is 10.6. The molecule has 0 saturated heterocycles. The molecule has 2 amide bonds. The first-order valence-corrected chi connectivity index (χ1v) is 13.9. The molecule has 1 aromatic heterocycles. The van der Waals surface area contributed by atoms with Crippen molar-refractivity contribution in [2.45, 2.75) is 20.4 Å². The normalized spacial score (nSPS) is 13.5. The number of halogens is 2. The smallest absolute Gasteiger partial charge is 0.332 e. The number of nitrogens with zero attached hydrogens (tertiary/aromatic N) is 3. The zero-order valence-corrected chi connectivity index (χ0v) is 22.7. The fraction of sp³-hybridized carbons (Fsp3) is 0.458. The Kier molecular flexibility index (Phi) is 10.2. The Hall–Kier alpha value is -3.32. The van der Waals surface area contributed by atoms with Crippen LogP contribution in [-0.2, 0) is 24.9 Å². The van der Waals surface area contributed by atoms with Crippen molar-refractivity contribution < 1.29 is 41.8 Å². The maximum atomic E-state index is 14.0. The number of nitrogens with one attached hydrogen (secondary N) is 1. The molecule has 2 aromatic rings. The topological polar surface area (TPSA) is 140 Å². The predicted octanol–water partition coefficient (Wildman–Crippen LogP) is 2.03. The minimum Gasteiger partial charge on any atom is -0.502 e. The molecule has 15 heteroatoms. The number of aromatic hydroxyl groups is 1. The second kappa shape index (κ2) is 13.2. The van der Waals surface area contributed by atoms with Crippen molar-refractivity contribution in [3.8, 4) is 5.75 Å². The van der Waals surface area contributed by atoms with Crippen LogP contribution in [0.4, 0.5) is 8.78 Å². The van der Waals surface area contributed by atoms with Crippen LogP contribution < -0.4 is 15.8 Å². The molecule has 3 rings (SSSR count). The third-order valence-electron chi connectivity index (χ3n) is 5.84. The number of rotatable bonds is 13. The van der Waals surface area contributed by atoms with E-state index in [1.54, 1.807) is 13.8 Å². The predicted molar refractivity (Wildman–Crippen MR) is 136 cm³/mol. The van der Waals surface area contributed by atoms with Gasteiger partial charge in [-0.25, -0.2) is 8.78 Å². The van der Waals surface area contributed by atoms with Crippen molar-refractivity contribution in [2.24, 2.45) is 0 Å². The van der Waals surface area contributed by atoms with Crippen LogP contribution in [0.1, 0.15) is 40.3 Å². The number of methoxy groups -OCH3 is 1. The molecule has 39 heavy (non-hydrogen) atoms. The first kappa shape index (κ1) is 30.2. The monoisotopic (exact) mass is 572 g/mol. The Bertz CT molecular complexity index is 1310. The number of carbonyl (C=O) groups is 2. The standard InChI is InChI=1S/C24H31F2N4O8P/c1-4-37-39(35,38-5-2)11-9-29-15-28(8-10-36-3)24(34)20-22(32)21(31)18(14-30(20)29)23(33)27-13-16-6-7-17(25)12-19(16)26/h6-7,12,14,32H,4-5,8-11,13,15H2,1-3H3,(H,27,33). The van der Waals surface area contributed by atoms with E-state index >= 15 is 0 Å². The highest BCUT2D eigenvalue weighted by Gasteiger charge is 2.35. The van der Waals surface area contributed by atoms with Gasteiger partial charge in [0.25, 0.3) is 11.8 Å². The lowest BCUT2D eigenvalue weighted by Crippen LogP contribution is -2.56. The summed E-state index contributed by atoms with van der Waals surface area (Å²) in [6.45, 7) is 3.46. The summed E-state index contributed by atoms with van der Waals surface area (Å²) in [6.07, 6.45) is 0.976. The van der Waals surface area contributed by atoms with E-state index < -0.39 is 53.5 Å². The van der Waals surface area contributed by atoms with E-state index in [1.165, 1.54) is 17.0 Å². The average molecular weight is 573 g/mol. The molecule has 12 nitrogen and oxygen atoms in total. The van der Waals surface area contributed by atoms with Gasteiger partial charge in [0.15, 0.2) is 11.4 Å². The Morgan fingerprint density at radius 3 is 2.46 bits per heavy atom. The van der Waals surface area contributed by atoms with Gasteiger partial charge in [0.1, 0.15) is 23.9 Å². The summed E-state index contributed by atoms with van der Waals surface area (Å²) in [6, 6.07) is 2.82. The maximum absolute atomic E-state index is 14.0. The highest BCUT2D eigenvalue weighted by molar-refractivity contribution is 7.53. The molecule has 1 aliphatic rings. The van der Waals surface area contributed by atoms with Gasteiger partial charge in [-0.05, 0) is 19.9 Å². The lowest BCUT2D eigenvalue weighted by atomic mass is 10.1. The van der Waals surface area contributed by atoms with E-state index in [1.807, 2.05) is 0 Å². The van der Waals surface area contributed by atoms with Crippen LogP contribution in [-0.4, -0.2) is 79.3 Å². The number of carbonyl (C=O) groups excluding carboxylic acids is 2. The molecule has 2 heterocycles. The molecule has 0 unspecified atom stereocenters. The van der Waals surface area contributed by atoms with Crippen LogP contribution in [0.25, 0.3) is 0 Å². The van der Waals surface area contributed by atoms with Gasteiger partial charge in [-0.1, -0.05) is 6.07 Å². The first-order valence-electron chi connectivity index (χ1n) is 12.2. The molecule has 0 bridgehead atoms. The van der Waals surface area contributed by atoms with Gasteiger partial charge in [0.2, 0.25) is 5.43 Å². The number of amides is 2. The van der Waals surface area contributed by atoms with Crippen LogP contribution in [0.3, 0.4) is 0 Å². The van der Waals surface area contributed by atoms with E-state index in [2.05, 4.69) is 5.32 Å². The molecular formula is C24H31F2N4O8P. The molecule has 0 fully saturated rings. The largest absolute Gasteiger partial charge is 0.502 e. The summed E-state index contributed by atoms with van der Waals surface area (Å²) in [7, 11) is -2.06. The fourth-order valence-corrected chi connectivity index (χ4v) is 5.53. The number of benzene rings is 1. The third-order valence-corrected chi connectivity index (χ3v) is 7.89. The lowest BCUT2D eigenvalue weighted by Gasteiger charge is -2.40. The number of hydrogen-bond acceptors (Lipinski definition) is 9. The molecule has 1 aliphatic heterocycles. The van der Waals surface area contributed by atoms with Gasteiger partial charge >= 0.3 is 7.60 Å². The summed E-state index contributed by atoms with van der Waals surface area (Å²) in [5.74, 6) is -4.29. The molecule has 0 spiro atoms. The summed E-state index contributed by atoms with van der Waals surface area (Å²) < 4.78 is 57.1. The number of fused-ring (bicyclic) bond motifs is 1. The van der Waals surface area contributed by atoms with Gasteiger partial charge in [0, 0.05) is 44.6 Å². The van der Waals surface area contributed by atoms with Gasteiger partial charge in [-0.3, -0.25) is 28.6 Å². The van der Waals surface area contributed by atoms with Crippen LogP contribution in [0, 0.1) is 11.6 Å². The Balaban J connectivity index is 1.96. The molecule has 214 valence electrons. The molecule has 0 atom stereocenters. The molecule has 1 aromatic carbocycles. The van der Waals surface area contributed by atoms with Crippen LogP contribution in [0.5, 0.6) is 5.75 Å². The van der Waals surface area contributed by atoms with Crippen molar-refractivity contribution >= 4 is 19.4 Å². The molecule has 0 saturated carbocycles. The first-order chi connectivity index (χ1) is 18.5. The molecule has 2 N–H and O–H groups in total. The van der Waals surface area contributed by atoms with Gasteiger partial charge < -0.3 is 29.1 Å². The van der Waals surface area contributed by atoms with Crippen molar-refractivity contribution in [3.05, 3.63) is 63.1 Å². The van der Waals surface area contributed by atoms with E-state index in [4.69, 9.17) is 13.8 Å². The maximum Gasteiger partial charge on any atom is 0.332 e. The number of aromatic nitrogens is 1. The highest BCUT2D eigenvalue weighted by atomic mass is 31.2. The second-order valence-electron chi connectivity index (χ2n) is 8.44.